The van der Waals surface area contributed by atoms with Gasteiger partial charge in [-0.2, -0.15) is 4.99 Å². The lowest BCUT2D eigenvalue weighted by atomic mass is 10.0. The van der Waals surface area contributed by atoms with Gasteiger partial charge in [0.15, 0.2) is 4.80 Å². The number of carbonyl (C=O) groups is 1. The predicted octanol–water partition coefficient (Wildman–Crippen LogP) is 4.57. The minimum absolute atomic E-state index is 0.210. The summed E-state index contributed by atoms with van der Waals surface area (Å²) in [6, 6.07) is 26.1. The van der Waals surface area contributed by atoms with E-state index in [-0.39, 0.29) is 5.91 Å². The zero-order valence-corrected chi connectivity index (χ0v) is 15.2. The molecule has 0 aliphatic heterocycles. The Hall–Kier alpha value is -2.98. The number of para-hydroxylation sites is 1. The summed E-state index contributed by atoms with van der Waals surface area (Å²) in [6.07, 6.45) is 0.859. The highest BCUT2D eigenvalue weighted by molar-refractivity contribution is 7.16. The van der Waals surface area contributed by atoms with Gasteiger partial charge < -0.3 is 4.57 Å². The largest absolute Gasteiger partial charge is 0.319 e. The zero-order valence-electron chi connectivity index (χ0n) is 14.4. The number of fused-ring (bicyclic) bond motifs is 1. The smallest absolute Gasteiger partial charge is 0.279 e. The van der Waals surface area contributed by atoms with Crippen molar-refractivity contribution in [2.45, 2.75) is 6.42 Å². The van der Waals surface area contributed by atoms with E-state index >= 15 is 0 Å². The molecule has 3 nitrogen and oxygen atoms in total. The van der Waals surface area contributed by atoms with Crippen molar-refractivity contribution in [3.63, 3.8) is 0 Å². The minimum Gasteiger partial charge on any atom is -0.319 e. The highest BCUT2D eigenvalue weighted by Gasteiger charge is 2.07. The van der Waals surface area contributed by atoms with Crippen molar-refractivity contribution in [1.82, 2.24) is 4.57 Å². The van der Waals surface area contributed by atoms with Crippen molar-refractivity contribution in [2.75, 3.05) is 0 Å². The third-order valence-electron chi connectivity index (χ3n) is 4.36. The lowest BCUT2D eigenvalue weighted by Crippen LogP contribution is -2.13. The highest BCUT2D eigenvalue weighted by Crippen LogP contribution is 2.16. The quantitative estimate of drug-likeness (QED) is 0.528. The second-order valence-electron chi connectivity index (χ2n) is 6.19. The summed E-state index contributed by atoms with van der Waals surface area (Å²) in [6.45, 7) is 0. The molecule has 4 heteroatoms. The number of aryl methyl sites for hydroxylation is 1. The van der Waals surface area contributed by atoms with E-state index in [2.05, 4.69) is 17.1 Å². The molecule has 3 aromatic carbocycles. The average molecular weight is 358 g/mol. The van der Waals surface area contributed by atoms with Crippen molar-refractivity contribution in [3.8, 4) is 0 Å². The van der Waals surface area contributed by atoms with Crippen LogP contribution in [0.25, 0.3) is 10.2 Å². The van der Waals surface area contributed by atoms with Crippen molar-refractivity contribution in [3.05, 3.63) is 100 Å². The van der Waals surface area contributed by atoms with Crippen LogP contribution >= 0.6 is 11.3 Å². The molecule has 1 aromatic heterocycles. The third-order valence-corrected chi connectivity index (χ3v) is 5.48. The molecular weight excluding hydrogens is 340 g/mol. The molecule has 0 radical (unpaired) electrons. The van der Waals surface area contributed by atoms with Gasteiger partial charge in [0.05, 0.1) is 10.2 Å². The van der Waals surface area contributed by atoms with Gasteiger partial charge in [0.2, 0.25) is 0 Å². The fraction of sp³-hybridized carbons (Fsp3) is 0.0909. The van der Waals surface area contributed by atoms with Crippen molar-refractivity contribution in [1.29, 1.82) is 0 Å². The zero-order chi connectivity index (χ0) is 17.9. The summed E-state index contributed by atoms with van der Waals surface area (Å²) in [5.41, 5.74) is 4.13. The summed E-state index contributed by atoms with van der Waals surface area (Å²) in [4.78, 5) is 17.6. The molecule has 4 aromatic rings. The van der Waals surface area contributed by atoms with Crippen LogP contribution in [-0.2, 0) is 13.5 Å². The number of amides is 1. The molecule has 0 saturated heterocycles. The van der Waals surface area contributed by atoms with E-state index < -0.39 is 0 Å². The normalized spacial score (nSPS) is 11.8. The molecule has 0 fully saturated rings. The molecule has 26 heavy (non-hydrogen) atoms. The van der Waals surface area contributed by atoms with Crippen LogP contribution in [-0.4, -0.2) is 10.5 Å². The summed E-state index contributed by atoms with van der Waals surface area (Å²) >= 11 is 1.53. The van der Waals surface area contributed by atoms with Gasteiger partial charge >= 0.3 is 0 Å². The summed E-state index contributed by atoms with van der Waals surface area (Å²) in [5, 5.41) is 0. The molecule has 0 N–H and O–H groups in total. The SMILES string of the molecule is Cn1c(=NC(=O)c2ccc(Cc3ccccc3)cc2)sc2ccccc21. The van der Waals surface area contributed by atoms with Crippen LogP contribution in [0.4, 0.5) is 0 Å². The number of thiazole rings is 1. The maximum Gasteiger partial charge on any atom is 0.279 e. The second-order valence-corrected chi connectivity index (χ2v) is 7.20. The number of aromatic nitrogens is 1. The fourth-order valence-corrected chi connectivity index (χ4v) is 3.95. The fourth-order valence-electron chi connectivity index (χ4n) is 2.94. The number of nitrogens with zero attached hydrogens (tertiary/aromatic N) is 2. The number of carbonyl (C=O) groups excluding carboxylic acids is 1. The van der Waals surface area contributed by atoms with Gasteiger partial charge in [-0.25, -0.2) is 0 Å². The average Bonchev–Trinajstić information content (AvgIpc) is 2.99. The number of benzene rings is 3. The van der Waals surface area contributed by atoms with Crippen LogP contribution in [0.5, 0.6) is 0 Å². The molecule has 0 bridgehead atoms. The molecule has 0 atom stereocenters. The molecule has 0 aliphatic carbocycles. The summed E-state index contributed by atoms with van der Waals surface area (Å²) in [5.74, 6) is -0.210. The van der Waals surface area contributed by atoms with E-state index in [9.17, 15) is 4.79 Å². The number of hydrogen-bond donors (Lipinski definition) is 0. The lowest BCUT2D eigenvalue weighted by Gasteiger charge is -2.02. The van der Waals surface area contributed by atoms with Crippen LogP contribution in [0.1, 0.15) is 21.5 Å². The van der Waals surface area contributed by atoms with Gasteiger partial charge in [0.1, 0.15) is 0 Å². The molecular formula is C22H18N2OS. The molecule has 4 rings (SSSR count). The molecule has 0 spiro atoms. The van der Waals surface area contributed by atoms with E-state index in [0.717, 1.165) is 16.6 Å². The Bertz CT molecular complexity index is 1120. The topological polar surface area (TPSA) is 34.4 Å². The van der Waals surface area contributed by atoms with Crippen LogP contribution in [0.2, 0.25) is 0 Å². The van der Waals surface area contributed by atoms with Crippen LogP contribution in [0.3, 0.4) is 0 Å². The Morgan fingerprint density at radius 2 is 1.54 bits per heavy atom. The van der Waals surface area contributed by atoms with Gasteiger partial charge in [-0.15, -0.1) is 0 Å². The van der Waals surface area contributed by atoms with E-state index in [1.54, 1.807) is 0 Å². The van der Waals surface area contributed by atoms with Gasteiger partial charge in [0.25, 0.3) is 5.91 Å². The third kappa shape index (κ3) is 3.37. The molecule has 0 unspecified atom stereocenters. The van der Waals surface area contributed by atoms with E-state index in [1.807, 2.05) is 78.3 Å². The first-order valence-corrected chi connectivity index (χ1v) is 9.29. The first-order valence-electron chi connectivity index (χ1n) is 8.47. The first kappa shape index (κ1) is 16.5. The van der Waals surface area contributed by atoms with E-state index in [4.69, 9.17) is 0 Å². The van der Waals surface area contributed by atoms with Gasteiger partial charge in [-0.3, -0.25) is 4.79 Å². The minimum atomic E-state index is -0.210. The highest BCUT2D eigenvalue weighted by atomic mass is 32.1. The van der Waals surface area contributed by atoms with Crippen molar-refractivity contribution in [2.24, 2.45) is 12.0 Å². The Balaban J connectivity index is 1.59. The van der Waals surface area contributed by atoms with E-state index in [0.29, 0.717) is 10.4 Å². The van der Waals surface area contributed by atoms with Crippen LogP contribution in [0, 0.1) is 0 Å². The lowest BCUT2D eigenvalue weighted by molar-refractivity contribution is 0.0998. The Morgan fingerprint density at radius 1 is 0.885 bits per heavy atom. The molecule has 128 valence electrons. The molecule has 0 saturated carbocycles. The monoisotopic (exact) mass is 358 g/mol. The summed E-state index contributed by atoms with van der Waals surface area (Å²) in [7, 11) is 1.94. The predicted molar refractivity (Wildman–Crippen MR) is 106 cm³/mol. The second kappa shape index (κ2) is 7.10. The maximum atomic E-state index is 12.5. The van der Waals surface area contributed by atoms with Crippen LogP contribution in [0.15, 0.2) is 83.9 Å². The Kier molecular flexibility index (Phi) is 4.50. The van der Waals surface area contributed by atoms with E-state index in [1.165, 1.54) is 22.5 Å². The molecule has 1 heterocycles. The number of rotatable bonds is 3. The maximum absolute atomic E-state index is 12.5. The van der Waals surface area contributed by atoms with Crippen LogP contribution < -0.4 is 4.80 Å². The molecule has 0 aliphatic rings. The molecule has 1 amide bonds. The standard InChI is InChI=1S/C22H18N2OS/c1-24-19-9-5-6-10-20(19)26-22(24)23-21(25)18-13-11-17(12-14-18)15-16-7-3-2-4-8-16/h2-14H,15H2,1H3. The number of hydrogen-bond acceptors (Lipinski definition) is 2. The van der Waals surface area contributed by atoms with Crippen molar-refractivity contribution < 1.29 is 4.79 Å². The summed E-state index contributed by atoms with van der Waals surface area (Å²) < 4.78 is 3.08. The Morgan fingerprint density at radius 3 is 2.27 bits per heavy atom. The van der Waals surface area contributed by atoms with Gasteiger partial charge in [0, 0.05) is 12.6 Å². The first-order chi connectivity index (χ1) is 12.7. The Labute approximate surface area is 155 Å². The van der Waals surface area contributed by atoms with Gasteiger partial charge in [-0.05, 0) is 41.8 Å². The van der Waals surface area contributed by atoms with Crippen molar-refractivity contribution >= 4 is 27.5 Å². The van der Waals surface area contributed by atoms with Gasteiger partial charge in [-0.1, -0.05) is 65.9 Å².